The highest BCUT2D eigenvalue weighted by atomic mass is 32.2. The second kappa shape index (κ2) is 10.1. The summed E-state index contributed by atoms with van der Waals surface area (Å²) < 4.78 is 14.5. The second-order valence-electron chi connectivity index (χ2n) is 7.13. The van der Waals surface area contributed by atoms with Crippen LogP contribution in [0.2, 0.25) is 0 Å². The summed E-state index contributed by atoms with van der Waals surface area (Å²) in [6.45, 7) is 2.12. The molecule has 4 aromatic rings. The van der Waals surface area contributed by atoms with Gasteiger partial charge in [0.25, 0.3) is 11.5 Å². The molecule has 0 radical (unpaired) electrons. The van der Waals surface area contributed by atoms with Gasteiger partial charge < -0.3 is 5.32 Å². The molecule has 0 saturated heterocycles. The lowest BCUT2D eigenvalue weighted by Crippen LogP contribution is -2.15. The maximum absolute atomic E-state index is 13.1. The molecule has 0 bridgehead atoms. The van der Waals surface area contributed by atoms with Crippen LogP contribution in [0.1, 0.15) is 40.8 Å². The lowest BCUT2D eigenvalue weighted by atomic mass is 10.2. The molecule has 32 heavy (non-hydrogen) atoms. The summed E-state index contributed by atoms with van der Waals surface area (Å²) in [5.41, 5.74) is 1.48. The van der Waals surface area contributed by atoms with Crippen LogP contribution < -0.4 is 10.9 Å². The fourth-order valence-electron chi connectivity index (χ4n) is 3.04. The molecule has 9 heteroatoms. The average Bonchev–Trinajstić information content (AvgIpc) is 3.21. The van der Waals surface area contributed by atoms with Crippen LogP contribution in [0.4, 0.5) is 10.1 Å². The van der Waals surface area contributed by atoms with Gasteiger partial charge in [0.15, 0.2) is 0 Å². The van der Waals surface area contributed by atoms with Crippen LogP contribution in [0.25, 0.3) is 4.96 Å². The van der Waals surface area contributed by atoms with E-state index in [0.717, 1.165) is 29.2 Å². The number of anilines is 1. The third-order valence-electron chi connectivity index (χ3n) is 4.70. The van der Waals surface area contributed by atoms with E-state index in [1.54, 1.807) is 6.07 Å². The standard InChI is InChI=1S/C23H21FN4O2S2/c1-2-3-8-20-27-28-21(29)13-17(25-23(28)32-20)14-31-19-7-5-4-6-18(19)26-22(30)15-9-11-16(24)12-10-15/h4-7,9-13H,2-3,8,14H2,1H3,(H,26,30). The number of halogens is 1. The summed E-state index contributed by atoms with van der Waals surface area (Å²) in [6.07, 6.45) is 2.93. The van der Waals surface area contributed by atoms with Gasteiger partial charge in [-0.2, -0.15) is 9.61 Å². The van der Waals surface area contributed by atoms with Gasteiger partial charge in [0.2, 0.25) is 4.96 Å². The van der Waals surface area contributed by atoms with E-state index >= 15 is 0 Å². The van der Waals surface area contributed by atoms with Gasteiger partial charge in [-0.05, 0) is 42.8 Å². The molecule has 0 atom stereocenters. The Morgan fingerprint density at radius 3 is 2.75 bits per heavy atom. The van der Waals surface area contributed by atoms with Crippen LogP contribution in [-0.2, 0) is 12.2 Å². The molecule has 0 aliphatic carbocycles. The molecular weight excluding hydrogens is 447 g/mol. The van der Waals surface area contributed by atoms with Crippen molar-refractivity contribution < 1.29 is 9.18 Å². The van der Waals surface area contributed by atoms with Crippen LogP contribution in [0.15, 0.2) is 64.3 Å². The Kier molecular flexibility index (Phi) is 6.96. The number of carbonyl (C=O) groups excluding carboxylic acids is 1. The lowest BCUT2D eigenvalue weighted by molar-refractivity contribution is 0.102. The van der Waals surface area contributed by atoms with E-state index in [4.69, 9.17) is 0 Å². The Labute approximate surface area is 192 Å². The van der Waals surface area contributed by atoms with E-state index in [-0.39, 0.29) is 11.5 Å². The summed E-state index contributed by atoms with van der Waals surface area (Å²) in [5.74, 6) is -0.242. The SMILES string of the molecule is CCCCc1nn2c(=O)cc(CSc3ccccc3NC(=O)c3ccc(F)cc3)nc2s1. The van der Waals surface area contributed by atoms with Crippen molar-refractivity contribution in [2.75, 3.05) is 5.32 Å². The van der Waals surface area contributed by atoms with Gasteiger partial charge in [-0.25, -0.2) is 9.37 Å². The molecule has 0 spiro atoms. The van der Waals surface area contributed by atoms with Gasteiger partial charge >= 0.3 is 0 Å². The monoisotopic (exact) mass is 468 g/mol. The molecule has 2 aromatic heterocycles. The first kappa shape index (κ1) is 22.2. The van der Waals surface area contributed by atoms with Gasteiger partial charge in [0, 0.05) is 28.7 Å². The molecular formula is C23H21FN4O2S2. The molecule has 0 fully saturated rings. The largest absolute Gasteiger partial charge is 0.321 e. The van der Waals surface area contributed by atoms with Crippen LogP contribution in [0, 0.1) is 5.82 Å². The number of unbranched alkanes of at least 4 members (excludes halogenated alkanes) is 1. The molecule has 0 unspecified atom stereocenters. The summed E-state index contributed by atoms with van der Waals surface area (Å²) in [5, 5.41) is 8.15. The number of fused-ring (bicyclic) bond motifs is 1. The number of hydrogen-bond donors (Lipinski definition) is 1. The first-order chi connectivity index (χ1) is 15.5. The third-order valence-corrected chi connectivity index (χ3v) is 6.78. The number of nitrogens with zero attached hydrogens (tertiary/aromatic N) is 3. The molecule has 1 amide bonds. The lowest BCUT2D eigenvalue weighted by Gasteiger charge is -2.10. The highest BCUT2D eigenvalue weighted by Crippen LogP contribution is 2.30. The van der Waals surface area contributed by atoms with Gasteiger partial charge in [-0.15, -0.1) is 11.8 Å². The van der Waals surface area contributed by atoms with Crippen molar-refractivity contribution in [3.63, 3.8) is 0 Å². The van der Waals surface area contributed by atoms with Gasteiger partial charge in [0.1, 0.15) is 10.8 Å². The number of hydrogen-bond acceptors (Lipinski definition) is 6. The molecule has 0 saturated carbocycles. The number of benzene rings is 2. The van der Waals surface area contributed by atoms with E-state index in [1.165, 1.54) is 57.9 Å². The van der Waals surface area contributed by atoms with Crippen molar-refractivity contribution in [2.45, 2.75) is 36.8 Å². The Morgan fingerprint density at radius 2 is 1.97 bits per heavy atom. The van der Waals surface area contributed by atoms with Crippen LogP contribution >= 0.6 is 23.1 Å². The van der Waals surface area contributed by atoms with Crippen LogP contribution in [0.3, 0.4) is 0 Å². The van der Waals surface area contributed by atoms with Gasteiger partial charge in [-0.1, -0.05) is 36.8 Å². The molecule has 2 heterocycles. The average molecular weight is 469 g/mol. The molecule has 2 aromatic carbocycles. The van der Waals surface area contributed by atoms with E-state index in [9.17, 15) is 14.0 Å². The Bertz CT molecular complexity index is 1300. The quantitative estimate of drug-likeness (QED) is 0.361. The number of rotatable bonds is 8. The number of amides is 1. The Balaban J connectivity index is 1.49. The van der Waals surface area contributed by atoms with Crippen molar-refractivity contribution in [3.05, 3.63) is 87.0 Å². The number of carbonyl (C=O) groups is 1. The zero-order valence-corrected chi connectivity index (χ0v) is 19.0. The maximum Gasteiger partial charge on any atom is 0.275 e. The number of nitrogens with one attached hydrogen (secondary N) is 1. The summed E-state index contributed by atoms with van der Waals surface area (Å²) in [7, 11) is 0. The first-order valence-corrected chi connectivity index (χ1v) is 12.0. The minimum absolute atomic E-state index is 0.192. The number of thioether (sulfide) groups is 1. The smallest absolute Gasteiger partial charge is 0.275 e. The van der Waals surface area contributed by atoms with Crippen molar-refractivity contribution in [1.29, 1.82) is 0 Å². The maximum atomic E-state index is 13.1. The van der Waals surface area contributed by atoms with Crippen molar-refractivity contribution in [1.82, 2.24) is 14.6 Å². The van der Waals surface area contributed by atoms with E-state index in [2.05, 4.69) is 22.3 Å². The first-order valence-electron chi connectivity index (χ1n) is 10.2. The van der Waals surface area contributed by atoms with E-state index < -0.39 is 5.82 Å². The highest BCUT2D eigenvalue weighted by Gasteiger charge is 2.12. The van der Waals surface area contributed by atoms with Crippen molar-refractivity contribution in [2.24, 2.45) is 0 Å². The fraction of sp³-hybridized carbons (Fsp3) is 0.217. The molecule has 1 N–H and O–H groups in total. The summed E-state index contributed by atoms with van der Waals surface area (Å²) in [4.78, 5) is 31.0. The summed E-state index contributed by atoms with van der Waals surface area (Å²) >= 11 is 2.92. The number of para-hydroxylation sites is 1. The van der Waals surface area contributed by atoms with Gasteiger partial charge in [-0.3, -0.25) is 9.59 Å². The van der Waals surface area contributed by atoms with Crippen molar-refractivity contribution in [3.8, 4) is 0 Å². The minimum atomic E-state index is -0.392. The third kappa shape index (κ3) is 5.23. The molecule has 0 aliphatic heterocycles. The zero-order chi connectivity index (χ0) is 22.5. The minimum Gasteiger partial charge on any atom is -0.321 e. The number of aryl methyl sites for hydroxylation is 1. The molecule has 6 nitrogen and oxygen atoms in total. The fourth-order valence-corrected chi connectivity index (χ4v) is 4.90. The predicted octanol–water partition coefficient (Wildman–Crippen LogP) is 5.18. The molecule has 4 rings (SSSR count). The second-order valence-corrected chi connectivity index (χ2v) is 9.18. The van der Waals surface area contributed by atoms with E-state index in [0.29, 0.717) is 27.7 Å². The zero-order valence-electron chi connectivity index (χ0n) is 17.4. The van der Waals surface area contributed by atoms with Crippen LogP contribution in [-0.4, -0.2) is 20.5 Å². The normalized spacial score (nSPS) is 11.1. The molecule has 0 aliphatic rings. The van der Waals surface area contributed by atoms with Gasteiger partial charge in [0.05, 0.1) is 11.4 Å². The molecule has 164 valence electrons. The predicted molar refractivity (Wildman–Crippen MR) is 126 cm³/mol. The Morgan fingerprint density at radius 1 is 1.19 bits per heavy atom. The van der Waals surface area contributed by atoms with Crippen LogP contribution in [0.5, 0.6) is 0 Å². The van der Waals surface area contributed by atoms with Crippen molar-refractivity contribution >= 4 is 39.7 Å². The number of aromatic nitrogens is 3. The Hall–Kier alpha value is -3.04. The summed E-state index contributed by atoms with van der Waals surface area (Å²) in [6, 6.07) is 14.3. The van der Waals surface area contributed by atoms with E-state index in [1.807, 2.05) is 18.2 Å². The highest BCUT2D eigenvalue weighted by molar-refractivity contribution is 7.98. The topological polar surface area (TPSA) is 76.4 Å².